The third kappa shape index (κ3) is 5.56. The van der Waals surface area contributed by atoms with Gasteiger partial charge in [-0.05, 0) is 60.5 Å². The third-order valence-corrected chi connectivity index (χ3v) is 5.78. The van der Waals surface area contributed by atoms with E-state index in [2.05, 4.69) is 25.8 Å². The Morgan fingerprint density at radius 1 is 0.842 bits per heavy atom. The molecule has 0 radical (unpaired) electrons. The number of fused-ring (bicyclic) bond motifs is 1. The van der Waals surface area contributed by atoms with Crippen molar-refractivity contribution in [2.24, 2.45) is 0 Å². The lowest BCUT2D eigenvalue weighted by atomic mass is 10.0. The van der Waals surface area contributed by atoms with Gasteiger partial charge in [0.15, 0.2) is 0 Å². The summed E-state index contributed by atoms with van der Waals surface area (Å²) >= 11 is 0. The second-order valence-electron chi connectivity index (χ2n) is 8.16. The predicted molar refractivity (Wildman–Crippen MR) is 151 cm³/mol. The van der Waals surface area contributed by atoms with Gasteiger partial charge in [-0.15, -0.1) is 0 Å². The number of esters is 1. The summed E-state index contributed by atoms with van der Waals surface area (Å²) in [6.45, 7) is 13.3. The third-order valence-electron chi connectivity index (χ3n) is 5.78. The van der Waals surface area contributed by atoms with Crippen LogP contribution in [0.15, 0.2) is 123 Å². The van der Waals surface area contributed by atoms with Crippen LogP contribution in [0, 0.1) is 11.3 Å². The standard InChI is InChI=1S/C33H25NO4/c1-5-26(6-2)37-31-20-30(33(38-32(35)7-3)29-11-9-8-10-28(29)31)22(4)36-27-18-16-25(17-19-27)24-14-12-23(21-34)13-15-24/h5-20H,1,3-4H2,2H3/b26-6-. The predicted octanol–water partition coefficient (Wildman–Crippen LogP) is 7.99. The molecule has 0 saturated heterocycles. The van der Waals surface area contributed by atoms with Gasteiger partial charge in [0.2, 0.25) is 0 Å². The number of ether oxygens (including phenoxy) is 3. The van der Waals surface area contributed by atoms with Gasteiger partial charge in [-0.2, -0.15) is 5.26 Å². The summed E-state index contributed by atoms with van der Waals surface area (Å²) < 4.78 is 17.9. The van der Waals surface area contributed by atoms with Crippen molar-refractivity contribution in [1.82, 2.24) is 0 Å². The summed E-state index contributed by atoms with van der Waals surface area (Å²) in [5.41, 5.74) is 3.00. The summed E-state index contributed by atoms with van der Waals surface area (Å²) in [6.07, 6.45) is 4.51. The van der Waals surface area contributed by atoms with Crippen LogP contribution in [0.4, 0.5) is 0 Å². The maximum absolute atomic E-state index is 12.2. The van der Waals surface area contributed by atoms with Crippen LogP contribution in [-0.2, 0) is 4.79 Å². The minimum atomic E-state index is -0.607. The molecule has 0 N–H and O–H groups in total. The van der Waals surface area contributed by atoms with E-state index in [-0.39, 0.29) is 11.5 Å². The van der Waals surface area contributed by atoms with E-state index < -0.39 is 5.97 Å². The summed E-state index contributed by atoms with van der Waals surface area (Å²) in [6, 6.07) is 26.1. The fourth-order valence-corrected chi connectivity index (χ4v) is 3.85. The van der Waals surface area contributed by atoms with E-state index in [0.29, 0.717) is 33.8 Å². The molecule has 4 aromatic rings. The fraction of sp³-hybridized carbons (Fsp3) is 0.0303. The molecule has 5 heteroatoms. The molecule has 0 aliphatic rings. The monoisotopic (exact) mass is 499 g/mol. The highest BCUT2D eigenvalue weighted by molar-refractivity contribution is 5.99. The number of allylic oxidation sites excluding steroid dienone is 2. The van der Waals surface area contributed by atoms with Crippen LogP contribution in [0.3, 0.4) is 0 Å². The zero-order valence-corrected chi connectivity index (χ0v) is 20.9. The quantitative estimate of drug-likeness (QED) is 0.0767. The van der Waals surface area contributed by atoms with Crippen molar-refractivity contribution in [3.63, 3.8) is 0 Å². The smallest absolute Gasteiger partial charge is 0.335 e. The van der Waals surface area contributed by atoms with Crippen LogP contribution in [0.25, 0.3) is 27.7 Å². The Morgan fingerprint density at radius 2 is 1.47 bits per heavy atom. The van der Waals surface area contributed by atoms with Crippen LogP contribution in [0.2, 0.25) is 0 Å². The first-order valence-electron chi connectivity index (χ1n) is 11.8. The van der Waals surface area contributed by atoms with Gasteiger partial charge in [-0.1, -0.05) is 68.3 Å². The minimum Gasteiger partial charge on any atom is -0.457 e. The molecule has 0 aromatic heterocycles. The number of nitriles is 1. The fourth-order valence-electron chi connectivity index (χ4n) is 3.85. The van der Waals surface area contributed by atoms with Crippen molar-refractivity contribution in [1.29, 1.82) is 5.26 Å². The lowest BCUT2D eigenvalue weighted by Gasteiger charge is -2.18. The number of benzene rings is 4. The maximum Gasteiger partial charge on any atom is 0.335 e. The molecule has 0 unspecified atom stereocenters. The topological polar surface area (TPSA) is 68.5 Å². The van der Waals surface area contributed by atoms with Crippen LogP contribution in [0.5, 0.6) is 17.2 Å². The summed E-state index contributed by atoms with van der Waals surface area (Å²) in [7, 11) is 0. The van der Waals surface area contributed by atoms with Gasteiger partial charge in [0.05, 0.1) is 17.2 Å². The highest BCUT2D eigenvalue weighted by Crippen LogP contribution is 2.41. The number of rotatable bonds is 9. The molecule has 0 heterocycles. The summed E-state index contributed by atoms with van der Waals surface area (Å²) in [4.78, 5) is 12.2. The van der Waals surface area contributed by atoms with Gasteiger partial charge in [0.1, 0.15) is 28.8 Å². The van der Waals surface area contributed by atoms with Crippen LogP contribution in [-0.4, -0.2) is 5.97 Å². The number of hydrogen-bond acceptors (Lipinski definition) is 5. The SMILES string of the molecule is C=CC(=O)Oc1c(C(=C)Oc2ccc(-c3ccc(C#N)cc3)cc2)cc(O/C(C=C)=C\C)c2ccccc12. The molecular formula is C33H25NO4. The van der Waals surface area contributed by atoms with E-state index in [0.717, 1.165) is 22.6 Å². The van der Waals surface area contributed by atoms with Gasteiger partial charge in [0.25, 0.3) is 0 Å². The van der Waals surface area contributed by atoms with E-state index in [4.69, 9.17) is 19.5 Å². The van der Waals surface area contributed by atoms with Crippen molar-refractivity contribution in [2.75, 3.05) is 0 Å². The Kier molecular flexibility index (Phi) is 7.86. The van der Waals surface area contributed by atoms with Crippen molar-refractivity contribution < 1.29 is 19.0 Å². The lowest BCUT2D eigenvalue weighted by Crippen LogP contribution is -2.08. The van der Waals surface area contributed by atoms with E-state index in [1.807, 2.05) is 67.6 Å². The van der Waals surface area contributed by atoms with E-state index in [9.17, 15) is 4.79 Å². The second kappa shape index (κ2) is 11.6. The van der Waals surface area contributed by atoms with Crippen molar-refractivity contribution in [3.05, 3.63) is 134 Å². The zero-order chi connectivity index (χ0) is 27.1. The van der Waals surface area contributed by atoms with Crippen LogP contribution in [0.1, 0.15) is 18.1 Å². The van der Waals surface area contributed by atoms with Gasteiger partial charge in [0, 0.05) is 16.8 Å². The van der Waals surface area contributed by atoms with Gasteiger partial charge in [-0.25, -0.2) is 4.79 Å². The number of carbonyl (C=O) groups excluding carboxylic acids is 1. The molecular weight excluding hydrogens is 474 g/mol. The molecule has 0 fully saturated rings. The highest BCUT2D eigenvalue weighted by atomic mass is 16.5. The lowest BCUT2D eigenvalue weighted by molar-refractivity contribution is -0.128. The Morgan fingerprint density at radius 3 is 2.05 bits per heavy atom. The molecule has 186 valence electrons. The first kappa shape index (κ1) is 25.7. The molecule has 0 spiro atoms. The summed E-state index contributed by atoms with van der Waals surface area (Å²) in [5.74, 6) is 1.59. The minimum absolute atomic E-state index is 0.263. The Balaban J connectivity index is 1.72. The average molecular weight is 500 g/mol. The maximum atomic E-state index is 12.2. The number of carbonyl (C=O) groups is 1. The zero-order valence-electron chi connectivity index (χ0n) is 20.9. The molecule has 38 heavy (non-hydrogen) atoms. The van der Waals surface area contributed by atoms with E-state index >= 15 is 0 Å². The largest absolute Gasteiger partial charge is 0.457 e. The first-order chi connectivity index (χ1) is 18.5. The van der Waals surface area contributed by atoms with Gasteiger partial charge >= 0.3 is 5.97 Å². The van der Waals surface area contributed by atoms with Gasteiger partial charge < -0.3 is 14.2 Å². The normalized spacial score (nSPS) is 10.8. The Labute approximate surface area is 221 Å². The van der Waals surface area contributed by atoms with E-state index in [1.54, 1.807) is 30.4 Å². The highest BCUT2D eigenvalue weighted by Gasteiger charge is 2.20. The molecule has 0 amide bonds. The molecule has 0 bridgehead atoms. The van der Waals surface area contributed by atoms with Crippen molar-refractivity contribution in [3.8, 4) is 34.4 Å². The van der Waals surface area contributed by atoms with Crippen molar-refractivity contribution >= 4 is 22.5 Å². The van der Waals surface area contributed by atoms with E-state index in [1.165, 1.54) is 0 Å². The molecule has 0 saturated carbocycles. The first-order valence-corrected chi connectivity index (χ1v) is 11.8. The number of nitrogens with zero attached hydrogens (tertiary/aromatic N) is 1. The van der Waals surface area contributed by atoms with Crippen molar-refractivity contribution in [2.45, 2.75) is 6.92 Å². The Bertz CT molecular complexity index is 1600. The van der Waals surface area contributed by atoms with Crippen LogP contribution >= 0.6 is 0 Å². The molecule has 0 aliphatic heterocycles. The van der Waals surface area contributed by atoms with Gasteiger partial charge in [-0.3, -0.25) is 0 Å². The molecule has 0 atom stereocenters. The molecule has 4 rings (SSSR count). The van der Waals surface area contributed by atoms with Crippen LogP contribution < -0.4 is 14.2 Å². The molecule has 5 nitrogen and oxygen atoms in total. The molecule has 4 aromatic carbocycles. The molecule has 0 aliphatic carbocycles. The average Bonchev–Trinajstić information content (AvgIpc) is 2.97. The summed E-state index contributed by atoms with van der Waals surface area (Å²) in [5, 5.41) is 10.4. The second-order valence-corrected chi connectivity index (χ2v) is 8.16. The number of hydrogen-bond donors (Lipinski definition) is 0. The Hall–Kier alpha value is -5.34.